The number of hydrogen-bond donors (Lipinski definition) is 2. The van der Waals surface area contributed by atoms with Crippen LogP contribution >= 0.6 is 0 Å². The summed E-state index contributed by atoms with van der Waals surface area (Å²) in [5.41, 5.74) is 1.02. The van der Waals surface area contributed by atoms with Gasteiger partial charge in [0.1, 0.15) is 11.9 Å². The Balaban J connectivity index is 2.26. The second kappa shape index (κ2) is 4.16. The van der Waals surface area contributed by atoms with E-state index in [0.29, 0.717) is 11.1 Å². The quantitative estimate of drug-likeness (QED) is 0.812. The first-order chi connectivity index (χ1) is 7.99. The van der Waals surface area contributed by atoms with Crippen LogP contribution < -0.4 is 5.32 Å². The van der Waals surface area contributed by atoms with Gasteiger partial charge < -0.3 is 10.4 Å². The SMILES string of the molecule is Cc1ccc([C@@H]2CC(C(=O)O)NC2=O)cc1F. The number of nitrogens with one attached hydrogen (secondary N) is 1. The van der Waals surface area contributed by atoms with Gasteiger partial charge in [0.2, 0.25) is 5.91 Å². The molecule has 1 amide bonds. The third-order valence-electron chi connectivity index (χ3n) is 3.00. The summed E-state index contributed by atoms with van der Waals surface area (Å²) in [6, 6.07) is 3.67. The van der Waals surface area contributed by atoms with E-state index in [4.69, 9.17) is 5.11 Å². The van der Waals surface area contributed by atoms with Gasteiger partial charge in [-0.3, -0.25) is 4.79 Å². The second-order valence-electron chi connectivity index (χ2n) is 4.20. The summed E-state index contributed by atoms with van der Waals surface area (Å²) in [6.45, 7) is 1.63. The molecular weight excluding hydrogens is 225 g/mol. The topological polar surface area (TPSA) is 66.4 Å². The molecule has 5 heteroatoms. The van der Waals surface area contributed by atoms with Crippen LogP contribution in [0.5, 0.6) is 0 Å². The maximum absolute atomic E-state index is 13.4. The zero-order chi connectivity index (χ0) is 12.6. The third kappa shape index (κ3) is 2.13. The van der Waals surface area contributed by atoms with E-state index in [9.17, 15) is 14.0 Å². The van der Waals surface area contributed by atoms with Crippen LogP contribution in [-0.2, 0) is 9.59 Å². The Morgan fingerprint density at radius 1 is 1.53 bits per heavy atom. The van der Waals surface area contributed by atoms with Crippen LogP contribution in [-0.4, -0.2) is 23.0 Å². The molecule has 0 saturated carbocycles. The predicted molar refractivity (Wildman–Crippen MR) is 58.1 cm³/mol. The van der Waals surface area contributed by atoms with Crippen LogP contribution in [0.4, 0.5) is 4.39 Å². The van der Waals surface area contributed by atoms with Crippen molar-refractivity contribution in [2.45, 2.75) is 25.3 Å². The summed E-state index contributed by atoms with van der Waals surface area (Å²) in [6.07, 6.45) is 0.163. The van der Waals surface area contributed by atoms with E-state index in [0.717, 1.165) is 0 Å². The monoisotopic (exact) mass is 237 g/mol. The summed E-state index contributed by atoms with van der Waals surface area (Å²) in [5.74, 6) is -2.38. The van der Waals surface area contributed by atoms with Crippen molar-refractivity contribution in [2.75, 3.05) is 0 Å². The lowest BCUT2D eigenvalue weighted by Gasteiger charge is -2.08. The van der Waals surface area contributed by atoms with E-state index in [1.54, 1.807) is 19.1 Å². The van der Waals surface area contributed by atoms with Gasteiger partial charge >= 0.3 is 5.97 Å². The van der Waals surface area contributed by atoms with Crippen LogP contribution in [0.2, 0.25) is 0 Å². The number of halogens is 1. The summed E-state index contributed by atoms with van der Waals surface area (Å²) in [5, 5.41) is 11.2. The molecule has 0 radical (unpaired) electrons. The lowest BCUT2D eigenvalue weighted by molar-refractivity contribution is -0.140. The van der Waals surface area contributed by atoms with Crippen LogP contribution in [0, 0.1) is 12.7 Å². The maximum Gasteiger partial charge on any atom is 0.326 e. The zero-order valence-electron chi connectivity index (χ0n) is 9.24. The number of carbonyl (C=O) groups is 2. The maximum atomic E-state index is 13.4. The van der Waals surface area contributed by atoms with Gasteiger partial charge in [0, 0.05) is 0 Å². The minimum atomic E-state index is -1.06. The molecule has 0 bridgehead atoms. The molecule has 2 N–H and O–H groups in total. The van der Waals surface area contributed by atoms with Crippen molar-refractivity contribution in [3.05, 3.63) is 35.1 Å². The van der Waals surface area contributed by atoms with Crippen molar-refractivity contribution in [3.63, 3.8) is 0 Å². The highest BCUT2D eigenvalue weighted by molar-refractivity contribution is 5.92. The first kappa shape index (κ1) is 11.6. The largest absolute Gasteiger partial charge is 0.480 e. The van der Waals surface area contributed by atoms with E-state index in [1.165, 1.54) is 6.07 Å². The molecule has 1 heterocycles. The Morgan fingerprint density at radius 3 is 2.76 bits per heavy atom. The van der Waals surface area contributed by atoms with Gasteiger partial charge in [-0.25, -0.2) is 9.18 Å². The van der Waals surface area contributed by atoms with Gasteiger partial charge in [0.15, 0.2) is 0 Å². The van der Waals surface area contributed by atoms with E-state index < -0.39 is 17.9 Å². The Kier molecular flexibility index (Phi) is 2.83. The molecule has 0 aliphatic carbocycles. The van der Waals surface area contributed by atoms with Crippen LogP contribution in [0.15, 0.2) is 18.2 Å². The molecule has 1 aliphatic heterocycles. The van der Waals surface area contributed by atoms with Crippen molar-refractivity contribution in [1.82, 2.24) is 5.32 Å². The smallest absolute Gasteiger partial charge is 0.326 e. The Hall–Kier alpha value is -1.91. The Morgan fingerprint density at radius 2 is 2.24 bits per heavy atom. The number of aryl methyl sites for hydroxylation is 1. The van der Waals surface area contributed by atoms with Crippen molar-refractivity contribution >= 4 is 11.9 Å². The average molecular weight is 237 g/mol. The number of benzene rings is 1. The molecule has 1 saturated heterocycles. The lowest BCUT2D eigenvalue weighted by atomic mass is 9.95. The number of hydrogen-bond acceptors (Lipinski definition) is 2. The van der Waals surface area contributed by atoms with E-state index in [-0.39, 0.29) is 18.1 Å². The van der Waals surface area contributed by atoms with Crippen molar-refractivity contribution in [1.29, 1.82) is 0 Å². The van der Waals surface area contributed by atoms with Crippen molar-refractivity contribution < 1.29 is 19.1 Å². The van der Waals surface area contributed by atoms with Crippen LogP contribution in [0.3, 0.4) is 0 Å². The number of amides is 1. The highest BCUT2D eigenvalue weighted by Crippen LogP contribution is 2.28. The second-order valence-corrected chi connectivity index (χ2v) is 4.20. The number of carbonyl (C=O) groups excluding carboxylic acids is 1. The summed E-state index contributed by atoms with van der Waals surface area (Å²) >= 11 is 0. The average Bonchev–Trinajstić information content (AvgIpc) is 2.65. The molecule has 2 rings (SSSR count). The van der Waals surface area contributed by atoms with Gasteiger partial charge in [-0.1, -0.05) is 12.1 Å². The predicted octanol–water partition coefficient (Wildman–Crippen LogP) is 1.19. The minimum Gasteiger partial charge on any atom is -0.480 e. The summed E-state index contributed by atoms with van der Waals surface area (Å²) in [4.78, 5) is 22.3. The Labute approximate surface area is 97.4 Å². The normalized spacial score (nSPS) is 23.5. The highest BCUT2D eigenvalue weighted by atomic mass is 19.1. The molecule has 90 valence electrons. The first-order valence-corrected chi connectivity index (χ1v) is 5.28. The van der Waals surface area contributed by atoms with E-state index in [1.807, 2.05) is 0 Å². The molecule has 0 spiro atoms. The molecule has 1 unspecified atom stereocenters. The molecule has 4 nitrogen and oxygen atoms in total. The number of rotatable bonds is 2. The zero-order valence-corrected chi connectivity index (χ0v) is 9.24. The molecule has 1 aromatic rings. The highest BCUT2D eigenvalue weighted by Gasteiger charge is 2.36. The van der Waals surface area contributed by atoms with Crippen LogP contribution in [0.25, 0.3) is 0 Å². The van der Waals surface area contributed by atoms with E-state index in [2.05, 4.69) is 5.32 Å². The number of aliphatic carboxylic acids is 1. The third-order valence-corrected chi connectivity index (χ3v) is 3.00. The van der Waals surface area contributed by atoms with Gasteiger partial charge in [0.05, 0.1) is 5.92 Å². The van der Waals surface area contributed by atoms with E-state index >= 15 is 0 Å². The standard InChI is InChI=1S/C12H12FNO3/c1-6-2-3-7(4-9(6)13)8-5-10(12(16)17)14-11(8)15/h2-4,8,10H,5H2,1H3,(H,14,15)(H,16,17)/t8-,10?/m0/s1. The van der Waals surface area contributed by atoms with Gasteiger partial charge in [0.25, 0.3) is 0 Å². The minimum absolute atomic E-state index is 0.163. The lowest BCUT2D eigenvalue weighted by Crippen LogP contribution is -2.32. The summed E-state index contributed by atoms with van der Waals surface area (Å²) < 4.78 is 13.4. The molecule has 1 fully saturated rings. The molecular formula is C12H12FNO3. The van der Waals surface area contributed by atoms with Gasteiger partial charge in [-0.05, 0) is 30.5 Å². The van der Waals surface area contributed by atoms with Gasteiger partial charge in [-0.2, -0.15) is 0 Å². The fourth-order valence-electron chi connectivity index (χ4n) is 1.95. The molecule has 2 atom stereocenters. The van der Waals surface area contributed by atoms with Gasteiger partial charge in [-0.15, -0.1) is 0 Å². The Bertz CT molecular complexity index is 487. The molecule has 1 aliphatic rings. The summed E-state index contributed by atoms with van der Waals surface area (Å²) in [7, 11) is 0. The van der Waals surface area contributed by atoms with Crippen molar-refractivity contribution in [3.8, 4) is 0 Å². The number of carboxylic acid groups (broad SMARTS) is 1. The fourth-order valence-corrected chi connectivity index (χ4v) is 1.95. The first-order valence-electron chi connectivity index (χ1n) is 5.28. The van der Waals surface area contributed by atoms with Crippen molar-refractivity contribution in [2.24, 2.45) is 0 Å². The van der Waals surface area contributed by atoms with Crippen LogP contribution in [0.1, 0.15) is 23.5 Å². The molecule has 17 heavy (non-hydrogen) atoms. The molecule has 0 aromatic heterocycles. The molecule has 1 aromatic carbocycles. The fraction of sp³-hybridized carbons (Fsp3) is 0.333. The number of carboxylic acids is 1.